The monoisotopic (exact) mass is 221 g/mol. The zero-order valence-electron chi connectivity index (χ0n) is 9.92. The number of aryl methyl sites for hydroxylation is 1. The molecule has 88 valence electrons. The maximum Gasteiger partial charge on any atom is 0.234 e. The molecule has 2 N–H and O–H groups in total. The molecule has 1 amide bonds. The van der Waals surface area contributed by atoms with E-state index in [1.807, 2.05) is 19.1 Å². The van der Waals surface area contributed by atoms with Crippen molar-refractivity contribution in [1.82, 2.24) is 15.6 Å². The van der Waals surface area contributed by atoms with Gasteiger partial charge < -0.3 is 10.6 Å². The number of hydrogen-bond donors (Lipinski definition) is 2. The first-order chi connectivity index (χ1) is 7.74. The van der Waals surface area contributed by atoms with E-state index in [2.05, 4.69) is 22.5 Å². The Bertz CT molecular complexity index is 339. The largest absolute Gasteiger partial charge is 0.349 e. The number of rotatable bonds is 6. The van der Waals surface area contributed by atoms with E-state index in [0.717, 1.165) is 24.2 Å². The maximum absolute atomic E-state index is 11.4. The number of aromatic nitrogens is 1. The van der Waals surface area contributed by atoms with Crippen molar-refractivity contribution in [3.63, 3.8) is 0 Å². The van der Waals surface area contributed by atoms with Crippen LogP contribution in [0.25, 0.3) is 0 Å². The molecule has 0 unspecified atom stereocenters. The van der Waals surface area contributed by atoms with Crippen molar-refractivity contribution < 1.29 is 4.79 Å². The van der Waals surface area contributed by atoms with Crippen molar-refractivity contribution in [2.75, 3.05) is 13.1 Å². The molecule has 0 aromatic carbocycles. The molecule has 4 nitrogen and oxygen atoms in total. The third kappa shape index (κ3) is 4.40. The average molecular weight is 221 g/mol. The van der Waals surface area contributed by atoms with E-state index in [1.54, 1.807) is 6.20 Å². The minimum absolute atomic E-state index is 0.0125. The predicted octanol–water partition coefficient (Wildman–Crippen LogP) is 1.01. The lowest BCUT2D eigenvalue weighted by Crippen LogP contribution is -2.34. The van der Waals surface area contributed by atoms with Crippen LogP contribution in [0.5, 0.6) is 0 Å². The summed E-state index contributed by atoms with van der Waals surface area (Å²) >= 11 is 0. The quantitative estimate of drug-likeness (QED) is 0.705. The highest BCUT2D eigenvalue weighted by Gasteiger charge is 2.02. The van der Waals surface area contributed by atoms with Crippen LogP contribution in [0.15, 0.2) is 18.3 Å². The highest BCUT2D eigenvalue weighted by molar-refractivity contribution is 5.77. The van der Waals surface area contributed by atoms with E-state index in [4.69, 9.17) is 0 Å². The van der Waals surface area contributed by atoms with E-state index in [9.17, 15) is 4.79 Å². The number of amides is 1. The van der Waals surface area contributed by atoms with Crippen molar-refractivity contribution >= 4 is 5.91 Å². The Morgan fingerprint density at radius 1 is 1.50 bits per heavy atom. The van der Waals surface area contributed by atoms with Gasteiger partial charge in [0.25, 0.3) is 0 Å². The molecule has 1 heterocycles. The Labute approximate surface area is 96.5 Å². The number of pyridine rings is 1. The van der Waals surface area contributed by atoms with Gasteiger partial charge in [-0.1, -0.05) is 13.0 Å². The third-order valence-corrected chi connectivity index (χ3v) is 2.28. The fraction of sp³-hybridized carbons (Fsp3) is 0.500. The van der Waals surface area contributed by atoms with Gasteiger partial charge in [-0.05, 0) is 31.5 Å². The molecule has 0 saturated heterocycles. The summed E-state index contributed by atoms with van der Waals surface area (Å²) in [5.41, 5.74) is 2.02. The van der Waals surface area contributed by atoms with Crippen molar-refractivity contribution in [3.8, 4) is 0 Å². The lowest BCUT2D eigenvalue weighted by atomic mass is 10.2. The Hall–Kier alpha value is -1.42. The molecular weight excluding hydrogens is 202 g/mol. The molecule has 16 heavy (non-hydrogen) atoms. The second-order valence-electron chi connectivity index (χ2n) is 3.72. The van der Waals surface area contributed by atoms with Crippen molar-refractivity contribution in [1.29, 1.82) is 0 Å². The Balaban J connectivity index is 2.29. The van der Waals surface area contributed by atoms with Crippen LogP contribution in [0, 0.1) is 6.92 Å². The first-order valence-corrected chi connectivity index (χ1v) is 5.62. The van der Waals surface area contributed by atoms with Crippen LogP contribution in [0.1, 0.15) is 24.6 Å². The van der Waals surface area contributed by atoms with Gasteiger partial charge in [0, 0.05) is 6.20 Å². The first kappa shape index (κ1) is 12.6. The summed E-state index contributed by atoms with van der Waals surface area (Å²) in [5, 5.41) is 5.89. The van der Waals surface area contributed by atoms with Gasteiger partial charge in [0.1, 0.15) is 0 Å². The van der Waals surface area contributed by atoms with Gasteiger partial charge in [-0.2, -0.15) is 0 Å². The molecule has 0 saturated carbocycles. The molecule has 1 aromatic rings. The van der Waals surface area contributed by atoms with Crippen LogP contribution in [0.2, 0.25) is 0 Å². The number of nitrogens with one attached hydrogen (secondary N) is 2. The van der Waals surface area contributed by atoms with Gasteiger partial charge in [-0.3, -0.25) is 9.78 Å². The van der Waals surface area contributed by atoms with E-state index in [1.165, 1.54) is 0 Å². The highest BCUT2D eigenvalue weighted by Crippen LogP contribution is 2.01. The summed E-state index contributed by atoms with van der Waals surface area (Å²) in [4.78, 5) is 15.6. The van der Waals surface area contributed by atoms with E-state index >= 15 is 0 Å². The maximum atomic E-state index is 11.4. The molecule has 0 aliphatic heterocycles. The summed E-state index contributed by atoms with van der Waals surface area (Å²) in [6.07, 6.45) is 2.77. The minimum Gasteiger partial charge on any atom is -0.349 e. The van der Waals surface area contributed by atoms with Gasteiger partial charge in [0.15, 0.2) is 0 Å². The van der Waals surface area contributed by atoms with Crippen LogP contribution >= 0.6 is 0 Å². The number of hydrogen-bond acceptors (Lipinski definition) is 3. The molecule has 1 aromatic heterocycles. The lowest BCUT2D eigenvalue weighted by Gasteiger charge is -2.07. The van der Waals surface area contributed by atoms with E-state index < -0.39 is 0 Å². The van der Waals surface area contributed by atoms with Crippen molar-refractivity contribution in [3.05, 3.63) is 29.6 Å². The predicted molar refractivity (Wildman–Crippen MR) is 64.0 cm³/mol. The average Bonchev–Trinajstić information content (AvgIpc) is 2.28. The van der Waals surface area contributed by atoms with Crippen LogP contribution in [-0.2, 0) is 11.3 Å². The van der Waals surface area contributed by atoms with E-state index in [0.29, 0.717) is 13.1 Å². The molecule has 4 heteroatoms. The molecule has 0 fully saturated rings. The molecular formula is C12H19N3O. The van der Waals surface area contributed by atoms with Gasteiger partial charge in [-0.15, -0.1) is 0 Å². The van der Waals surface area contributed by atoms with Crippen molar-refractivity contribution in [2.24, 2.45) is 0 Å². The molecule has 0 atom stereocenters. The number of carbonyl (C=O) groups is 1. The highest BCUT2D eigenvalue weighted by atomic mass is 16.1. The molecule has 0 bridgehead atoms. The standard InChI is InChI=1S/C12H19N3O/c1-3-6-13-9-12(16)15-8-11-10(2)5-4-7-14-11/h4-5,7,13H,3,6,8-9H2,1-2H3,(H,15,16). The smallest absolute Gasteiger partial charge is 0.234 e. The zero-order valence-corrected chi connectivity index (χ0v) is 9.92. The fourth-order valence-corrected chi connectivity index (χ4v) is 1.33. The van der Waals surface area contributed by atoms with Gasteiger partial charge >= 0.3 is 0 Å². The molecule has 1 rings (SSSR count). The lowest BCUT2D eigenvalue weighted by molar-refractivity contribution is -0.120. The van der Waals surface area contributed by atoms with E-state index in [-0.39, 0.29) is 5.91 Å². The van der Waals surface area contributed by atoms with Crippen LogP contribution in [-0.4, -0.2) is 24.0 Å². The topological polar surface area (TPSA) is 54.0 Å². The van der Waals surface area contributed by atoms with Crippen molar-refractivity contribution in [2.45, 2.75) is 26.8 Å². The Morgan fingerprint density at radius 2 is 2.31 bits per heavy atom. The summed E-state index contributed by atoms with van der Waals surface area (Å²) in [7, 11) is 0. The summed E-state index contributed by atoms with van der Waals surface area (Å²) in [6.45, 7) is 5.81. The van der Waals surface area contributed by atoms with Gasteiger partial charge in [0.2, 0.25) is 5.91 Å². The Kier molecular flexibility index (Phi) is 5.50. The molecule has 0 aliphatic carbocycles. The normalized spacial score (nSPS) is 10.1. The van der Waals surface area contributed by atoms with Crippen LogP contribution < -0.4 is 10.6 Å². The molecule has 0 spiro atoms. The molecule has 0 radical (unpaired) electrons. The second-order valence-corrected chi connectivity index (χ2v) is 3.72. The first-order valence-electron chi connectivity index (χ1n) is 5.62. The fourth-order valence-electron chi connectivity index (χ4n) is 1.33. The number of carbonyl (C=O) groups excluding carboxylic acids is 1. The molecule has 0 aliphatic rings. The SMILES string of the molecule is CCCNCC(=O)NCc1ncccc1C. The van der Waals surface area contributed by atoms with Crippen LogP contribution in [0.3, 0.4) is 0 Å². The zero-order chi connectivity index (χ0) is 11.8. The third-order valence-electron chi connectivity index (χ3n) is 2.28. The van der Waals surface area contributed by atoms with Gasteiger partial charge in [0.05, 0.1) is 18.8 Å². The Morgan fingerprint density at radius 3 is 3.00 bits per heavy atom. The minimum atomic E-state index is 0.0125. The van der Waals surface area contributed by atoms with Gasteiger partial charge in [-0.25, -0.2) is 0 Å². The number of nitrogens with zero attached hydrogens (tertiary/aromatic N) is 1. The van der Waals surface area contributed by atoms with Crippen LogP contribution in [0.4, 0.5) is 0 Å². The second kappa shape index (κ2) is 6.95. The summed E-state index contributed by atoms with van der Waals surface area (Å²) < 4.78 is 0. The summed E-state index contributed by atoms with van der Waals surface area (Å²) in [6, 6.07) is 3.88. The summed E-state index contributed by atoms with van der Waals surface area (Å²) in [5.74, 6) is 0.0125.